The van der Waals surface area contributed by atoms with E-state index in [9.17, 15) is 9.59 Å². The fourth-order valence-corrected chi connectivity index (χ4v) is 2.09. The molecule has 0 fully saturated rings. The van der Waals surface area contributed by atoms with E-state index >= 15 is 0 Å². The van der Waals surface area contributed by atoms with Crippen LogP contribution in [0.5, 0.6) is 0 Å². The van der Waals surface area contributed by atoms with Gasteiger partial charge in [0.2, 0.25) is 5.91 Å². The zero-order chi connectivity index (χ0) is 16.7. The third kappa shape index (κ3) is 5.23. The van der Waals surface area contributed by atoms with Crippen LogP contribution in [0.25, 0.3) is 0 Å². The van der Waals surface area contributed by atoms with Gasteiger partial charge in [0.1, 0.15) is 0 Å². The maximum atomic E-state index is 12.2. The monoisotopic (exact) mass is 312 g/mol. The number of nitrogens with one attached hydrogen (secondary N) is 2. The van der Waals surface area contributed by atoms with Crippen LogP contribution in [0.4, 0.5) is 5.69 Å². The molecule has 120 valence electrons. The number of anilines is 1. The Kier molecular flexibility index (Phi) is 5.88. The van der Waals surface area contributed by atoms with Crippen LogP contribution in [0, 0.1) is 0 Å². The summed E-state index contributed by atoms with van der Waals surface area (Å²) in [5.74, 6) is -0.276. The van der Waals surface area contributed by atoms with Gasteiger partial charge in [-0.15, -0.1) is 0 Å². The first-order chi connectivity index (χ1) is 11.1. The summed E-state index contributed by atoms with van der Waals surface area (Å²) in [5, 5.41) is 14.4. The van der Waals surface area contributed by atoms with Crippen molar-refractivity contribution in [2.75, 3.05) is 11.9 Å². The van der Waals surface area contributed by atoms with Gasteiger partial charge in [0.15, 0.2) is 0 Å². The second-order valence-corrected chi connectivity index (χ2v) is 5.23. The van der Waals surface area contributed by atoms with Crippen LogP contribution in [0.1, 0.15) is 28.4 Å². The Morgan fingerprint density at radius 2 is 1.57 bits per heavy atom. The molecule has 0 atom stereocenters. The van der Waals surface area contributed by atoms with Crippen molar-refractivity contribution in [3.63, 3.8) is 0 Å². The molecule has 0 aliphatic carbocycles. The zero-order valence-corrected chi connectivity index (χ0v) is 13.0. The van der Waals surface area contributed by atoms with Gasteiger partial charge >= 0.3 is 0 Å². The van der Waals surface area contributed by atoms with Crippen molar-refractivity contribution < 1.29 is 14.7 Å². The number of rotatable bonds is 6. The van der Waals surface area contributed by atoms with E-state index in [1.807, 2.05) is 36.4 Å². The second-order valence-electron chi connectivity index (χ2n) is 5.23. The molecular formula is C18H20N2O3. The lowest BCUT2D eigenvalue weighted by Gasteiger charge is -2.07. The number of carbonyl (C=O) groups excluding carboxylic acids is 2. The zero-order valence-electron chi connectivity index (χ0n) is 13.0. The highest BCUT2D eigenvalue weighted by molar-refractivity contribution is 6.04. The summed E-state index contributed by atoms with van der Waals surface area (Å²) in [7, 11) is 0. The molecule has 0 aliphatic rings. The Hall–Kier alpha value is -2.66. The van der Waals surface area contributed by atoms with Gasteiger partial charge in [-0.05, 0) is 41.8 Å². The van der Waals surface area contributed by atoms with Crippen LogP contribution in [-0.2, 0) is 17.8 Å². The molecule has 2 amide bonds. The van der Waals surface area contributed by atoms with Gasteiger partial charge in [0, 0.05) is 31.3 Å². The predicted molar refractivity (Wildman–Crippen MR) is 89.1 cm³/mol. The smallest absolute Gasteiger partial charge is 0.255 e. The average molecular weight is 312 g/mol. The van der Waals surface area contributed by atoms with E-state index in [4.69, 9.17) is 5.11 Å². The van der Waals surface area contributed by atoms with E-state index in [0.717, 1.165) is 11.1 Å². The van der Waals surface area contributed by atoms with Gasteiger partial charge in [-0.3, -0.25) is 9.59 Å². The number of aliphatic hydroxyl groups excluding tert-OH is 1. The molecule has 0 spiro atoms. The summed E-state index contributed by atoms with van der Waals surface area (Å²) in [5.41, 5.74) is 3.22. The van der Waals surface area contributed by atoms with Gasteiger partial charge in [0.25, 0.3) is 5.91 Å². The summed E-state index contributed by atoms with van der Waals surface area (Å²) in [6.07, 6.45) is 0.601. The summed E-state index contributed by atoms with van der Waals surface area (Å²) in [6.45, 7) is 2.02. The largest absolute Gasteiger partial charge is 0.396 e. The van der Waals surface area contributed by atoms with E-state index in [1.54, 1.807) is 12.1 Å². The molecular weight excluding hydrogens is 292 g/mol. The molecule has 5 heteroatoms. The molecule has 3 N–H and O–H groups in total. The fourth-order valence-electron chi connectivity index (χ4n) is 2.09. The highest BCUT2D eigenvalue weighted by Gasteiger charge is 2.06. The number of carbonyl (C=O) groups is 2. The molecule has 0 saturated carbocycles. The molecule has 0 radical (unpaired) electrons. The molecule has 2 rings (SSSR count). The molecule has 0 bridgehead atoms. The number of aliphatic hydroxyl groups is 1. The van der Waals surface area contributed by atoms with Crippen molar-refractivity contribution in [3.8, 4) is 0 Å². The molecule has 0 heterocycles. The second kappa shape index (κ2) is 8.10. The molecule has 0 saturated heterocycles. The Morgan fingerprint density at radius 3 is 2.13 bits per heavy atom. The van der Waals surface area contributed by atoms with E-state index < -0.39 is 0 Å². The van der Waals surface area contributed by atoms with Crippen LogP contribution >= 0.6 is 0 Å². The highest BCUT2D eigenvalue weighted by atomic mass is 16.3. The summed E-state index contributed by atoms with van der Waals surface area (Å²) >= 11 is 0. The molecule has 0 aromatic heterocycles. The standard InChI is InChI=1S/C18H20N2O3/c1-13(22)19-12-15-2-6-16(7-3-15)18(23)20-17-8-4-14(5-9-17)10-11-21/h2-9,21H,10-12H2,1H3,(H,19,22)(H,20,23). The van der Waals surface area contributed by atoms with Crippen molar-refractivity contribution in [3.05, 3.63) is 65.2 Å². The van der Waals surface area contributed by atoms with E-state index in [1.165, 1.54) is 6.92 Å². The lowest BCUT2D eigenvalue weighted by Crippen LogP contribution is -2.19. The van der Waals surface area contributed by atoms with Gasteiger partial charge in [-0.2, -0.15) is 0 Å². The molecule has 23 heavy (non-hydrogen) atoms. The average Bonchev–Trinajstić information content (AvgIpc) is 2.55. The maximum absolute atomic E-state index is 12.2. The van der Waals surface area contributed by atoms with E-state index in [2.05, 4.69) is 10.6 Å². The van der Waals surface area contributed by atoms with Gasteiger partial charge in [-0.1, -0.05) is 24.3 Å². The number of hydrogen-bond acceptors (Lipinski definition) is 3. The Morgan fingerprint density at radius 1 is 0.957 bits per heavy atom. The van der Waals surface area contributed by atoms with Crippen LogP contribution in [-0.4, -0.2) is 23.5 Å². The minimum atomic E-state index is -0.189. The first-order valence-corrected chi connectivity index (χ1v) is 7.43. The number of hydrogen-bond donors (Lipinski definition) is 3. The van der Waals surface area contributed by atoms with Crippen LogP contribution in [0.2, 0.25) is 0 Å². The quantitative estimate of drug-likeness (QED) is 0.764. The summed E-state index contributed by atoms with van der Waals surface area (Å²) in [6, 6.07) is 14.5. The lowest BCUT2D eigenvalue weighted by atomic mass is 10.1. The molecule has 0 unspecified atom stereocenters. The highest BCUT2D eigenvalue weighted by Crippen LogP contribution is 2.12. The predicted octanol–water partition coefficient (Wildman–Crippen LogP) is 2.11. The van der Waals surface area contributed by atoms with Crippen LogP contribution in [0.3, 0.4) is 0 Å². The van der Waals surface area contributed by atoms with Crippen molar-refractivity contribution in [2.24, 2.45) is 0 Å². The number of amides is 2. The molecule has 2 aromatic rings. The number of benzene rings is 2. The van der Waals surface area contributed by atoms with Gasteiger partial charge in [0.05, 0.1) is 0 Å². The first kappa shape index (κ1) is 16.7. The first-order valence-electron chi connectivity index (χ1n) is 7.43. The Balaban J connectivity index is 1.95. The Labute approximate surface area is 135 Å². The minimum absolute atomic E-state index is 0.0866. The lowest BCUT2D eigenvalue weighted by molar-refractivity contribution is -0.119. The van der Waals surface area contributed by atoms with Gasteiger partial charge in [-0.25, -0.2) is 0 Å². The van der Waals surface area contributed by atoms with Crippen molar-refractivity contribution in [2.45, 2.75) is 19.9 Å². The van der Waals surface area contributed by atoms with Crippen molar-refractivity contribution in [1.29, 1.82) is 0 Å². The van der Waals surface area contributed by atoms with Crippen LogP contribution < -0.4 is 10.6 Å². The fraction of sp³-hybridized carbons (Fsp3) is 0.222. The van der Waals surface area contributed by atoms with Crippen molar-refractivity contribution in [1.82, 2.24) is 5.32 Å². The molecule has 0 aliphatic heterocycles. The van der Waals surface area contributed by atoms with E-state index in [0.29, 0.717) is 24.2 Å². The SMILES string of the molecule is CC(=O)NCc1ccc(C(=O)Nc2ccc(CCO)cc2)cc1. The summed E-state index contributed by atoms with van der Waals surface area (Å²) < 4.78 is 0. The Bertz CT molecular complexity index is 664. The third-order valence-electron chi connectivity index (χ3n) is 3.37. The topological polar surface area (TPSA) is 78.4 Å². The van der Waals surface area contributed by atoms with Crippen molar-refractivity contribution >= 4 is 17.5 Å². The maximum Gasteiger partial charge on any atom is 0.255 e. The normalized spacial score (nSPS) is 10.2. The molecule has 5 nitrogen and oxygen atoms in total. The van der Waals surface area contributed by atoms with Crippen LogP contribution in [0.15, 0.2) is 48.5 Å². The third-order valence-corrected chi connectivity index (χ3v) is 3.37. The molecule has 2 aromatic carbocycles. The van der Waals surface area contributed by atoms with E-state index in [-0.39, 0.29) is 18.4 Å². The minimum Gasteiger partial charge on any atom is -0.396 e. The summed E-state index contributed by atoms with van der Waals surface area (Å²) in [4.78, 5) is 23.1. The van der Waals surface area contributed by atoms with Gasteiger partial charge < -0.3 is 15.7 Å².